The average molecular weight is 611 g/mol. The number of allylic oxidation sites excluding steroid dienone is 1. The monoisotopic (exact) mass is 610 g/mol. The van der Waals surface area contributed by atoms with E-state index >= 15 is 8.78 Å². The molecule has 0 aliphatic carbocycles. The minimum Gasteiger partial charge on any atom is -0.429 e. The lowest BCUT2D eigenvalue weighted by Gasteiger charge is -2.19. The molecule has 0 N–H and O–H groups in total. The van der Waals surface area contributed by atoms with Crippen LogP contribution in [-0.2, 0) is 12.5 Å². The van der Waals surface area contributed by atoms with E-state index in [0.717, 1.165) is 36.1 Å². The number of hydrogen-bond donors (Lipinski definition) is 0. The molecule has 0 unspecified atom stereocenters. The molecule has 5 rings (SSSR count). The summed E-state index contributed by atoms with van der Waals surface area (Å²) in [4.78, 5) is 0. The topological polar surface area (TPSA) is 9.23 Å². The van der Waals surface area contributed by atoms with Crippen LogP contribution in [0.1, 0.15) is 17.5 Å². The van der Waals surface area contributed by atoms with Crippen molar-refractivity contribution in [2.45, 2.75) is 19.0 Å². The van der Waals surface area contributed by atoms with E-state index in [9.17, 15) is 26.3 Å². The van der Waals surface area contributed by atoms with Crippen molar-refractivity contribution in [3.63, 3.8) is 0 Å². The Labute approximate surface area is 247 Å². The molecule has 9 heteroatoms. The molecule has 1 nitrogen and oxygen atoms in total. The van der Waals surface area contributed by atoms with Gasteiger partial charge in [-0.2, -0.15) is 8.78 Å². The van der Waals surface area contributed by atoms with Gasteiger partial charge >= 0.3 is 6.11 Å². The molecule has 5 aromatic carbocycles. The zero-order valence-corrected chi connectivity index (χ0v) is 22.8. The maximum Gasteiger partial charge on any atom is 0.429 e. The third-order valence-electron chi connectivity index (χ3n) is 6.97. The van der Waals surface area contributed by atoms with Crippen LogP contribution in [0.15, 0.2) is 104 Å². The second kappa shape index (κ2) is 12.4. The molecular formula is C35H22F8O. The molecule has 0 atom stereocenters. The molecule has 0 aliphatic rings. The molecule has 0 heterocycles. The summed E-state index contributed by atoms with van der Waals surface area (Å²) in [5.41, 5.74) is 1.30. The summed E-state index contributed by atoms with van der Waals surface area (Å²) in [6, 6.07) is 18.6. The molecule has 0 radical (unpaired) electrons. The fraction of sp³-hybridized carbons (Fsp3) is 0.0857. The van der Waals surface area contributed by atoms with Gasteiger partial charge in [-0.25, -0.2) is 26.3 Å². The van der Waals surface area contributed by atoms with Gasteiger partial charge in [-0.15, -0.1) is 6.58 Å². The molecule has 0 aromatic heterocycles. The zero-order chi connectivity index (χ0) is 31.6. The maximum atomic E-state index is 15.2. The fourth-order valence-corrected chi connectivity index (χ4v) is 4.69. The van der Waals surface area contributed by atoms with E-state index in [2.05, 4.69) is 11.3 Å². The van der Waals surface area contributed by atoms with Gasteiger partial charge < -0.3 is 4.74 Å². The number of halogens is 8. The number of aryl methyl sites for hydroxylation is 1. The summed E-state index contributed by atoms with van der Waals surface area (Å²) in [5, 5.41) is 0. The second-order valence-electron chi connectivity index (χ2n) is 9.93. The standard InChI is InChI=1S/C35H22F8O/c1-2-3-4-20-5-7-21(8-6-20)22-9-12-26(29(36)15-22)23-10-13-27(30(37)16-23)24-11-14-28(31(38)17-24)35(42,43)44-25-18-32(39)34(41)33(40)19-25/h2,5-19H,1,3-4H2. The Morgan fingerprint density at radius 1 is 0.568 bits per heavy atom. The van der Waals surface area contributed by atoms with Crippen molar-refractivity contribution in [3.05, 3.63) is 150 Å². The first-order valence-electron chi connectivity index (χ1n) is 13.3. The van der Waals surface area contributed by atoms with Gasteiger partial charge in [0.05, 0.1) is 5.56 Å². The normalized spacial score (nSPS) is 11.5. The minimum atomic E-state index is -4.42. The van der Waals surface area contributed by atoms with Gasteiger partial charge in [0.15, 0.2) is 17.5 Å². The summed E-state index contributed by atoms with van der Waals surface area (Å²) in [6.07, 6.45) is -0.899. The maximum absolute atomic E-state index is 15.2. The van der Waals surface area contributed by atoms with Gasteiger partial charge in [0, 0.05) is 23.3 Å². The average Bonchev–Trinajstić information content (AvgIpc) is 2.98. The van der Waals surface area contributed by atoms with E-state index in [0.29, 0.717) is 17.7 Å². The molecule has 0 saturated carbocycles. The highest BCUT2D eigenvalue weighted by atomic mass is 19.3. The van der Waals surface area contributed by atoms with Crippen molar-refractivity contribution in [2.24, 2.45) is 0 Å². The van der Waals surface area contributed by atoms with Crippen molar-refractivity contribution >= 4 is 0 Å². The van der Waals surface area contributed by atoms with Crippen LogP contribution in [-0.4, -0.2) is 0 Å². The summed E-state index contributed by atoms with van der Waals surface area (Å²) in [5.74, 6) is -9.47. The molecule has 44 heavy (non-hydrogen) atoms. The lowest BCUT2D eigenvalue weighted by atomic mass is 9.96. The lowest BCUT2D eigenvalue weighted by molar-refractivity contribution is -0.187. The Bertz CT molecular complexity index is 1820. The highest BCUT2D eigenvalue weighted by Gasteiger charge is 2.38. The lowest BCUT2D eigenvalue weighted by Crippen LogP contribution is -2.23. The van der Waals surface area contributed by atoms with Crippen molar-refractivity contribution in [1.82, 2.24) is 0 Å². The third kappa shape index (κ3) is 6.37. The van der Waals surface area contributed by atoms with Crippen LogP contribution in [0.25, 0.3) is 33.4 Å². The molecule has 224 valence electrons. The molecular weight excluding hydrogens is 588 g/mol. The molecule has 0 aliphatic heterocycles. The fourth-order valence-electron chi connectivity index (χ4n) is 4.69. The summed E-state index contributed by atoms with van der Waals surface area (Å²) in [7, 11) is 0. The molecule has 0 bridgehead atoms. The van der Waals surface area contributed by atoms with E-state index in [1.54, 1.807) is 6.07 Å². The molecule has 0 fully saturated rings. The van der Waals surface area contributed by atoms with Gasteiger partial charge in [0.2, 0.25) is 0 Å². The van der Waals surface area contributed by atoms with Crippen LogP contribution in [0.4, 0.5) is 35.1 Å². The summed E-state index contributed by atoms with van der Waals surface area (Å²) >= 11 is 0. The number of rotatable bonds is 9. The Morgan fingerprint density at radius 2 is 1.07 bits per heavy atom. The quantitative estimate of drug-likeness (QED) is 0.0917. The van der Waals surface area contributed by atoms with Crippen molar-refractivity contribution in [3.8, 4) is 39.1 Å². The number of benzene rings is 5. The van der Waals surface area contributed by atoms with Crippen LogP contribution in [0, 0.1) is 34.9 Å². The first kappa shape index (κ1) is 30.5. The third-order valence-corrected chi connectivity index (χ3v) is 6.97. The van der Waals surface area contributed by atoms with E-state index < -0.39 is 52.3 Å². The van der Waals surface area contributed by atoms with Gasteiger partial charge in [-0.3, -0.25) is 0 Å². The zero-order valence-electron chi connectivity index (χ0n) is 22.8. The van der Waals surface area contributed by atoms with Crippen LogP contribution in [0.3, 0.4) is 0 Å². The smallest absolute Gasteiger partial charge is 0.429 e. The SMILES string of the molecule is C=CCCc1ccc(-c2ccc(-c3ccc(-c4ccc(C(F)(F)Oc5cc(F)c(F)c(F)c5)c(F)c4)c(F)c3)c(F)c2)cc1. The highest BCUT2D eigenvalue weighted by molar-refractivity contribution is 5.74. The molecule has 0 saturated heterocycles. The van der Waals surface area contributed by atoms with E-state index in [1.165, 1.54) is 24.3 Å². The Kier molecular flexibility index (Phi) is 8.58. The molecule has 0 spiro atoms. The summed E-state index contributed by atoms with van der Waals surface area (Å²) in [6.45, 7) is 3.71. The van der Waals surface area contributed by atoms with Crippen molar-refractivity contribution in [1.29, 1.82) is 0 Å². The van der Waals surface area contributed by atoms with Gasteiger partial charge in [-0.1, -0.05) is 60.7 Å². The predicted molar refractivity (Wildman–Crippen MR) is 152 cm³/mol. The van der Waals surface area contributed by atoms with E-state index in [4.69, 9.17) is 0 Å². The van der Waals surface area contributed by atoms with Crippen LogP contribution >= 0.6 is 0 Å². The van der Waals surface area contributed by atoms with Crippen molar-refractivity contribution in [2.75, 3.05) is 0 Å². The molecule has 0 amide bonds. The van der Waals surface area contributed by atoms with Crippen LogP contribution in [0.2, 0.25) is 0 Å². The van der Waals surface area contributed by atoms with Crippen LogP contribution in [0.5, 0.6) is 5.75 Å². The largest absolute Gasteiger partial charge is 0.429 e. The Morgan fingerprint density at radius 3 is 1.61 bits per heavy atom. The first-order chi connectivity index (χ1) is 21.0. The Balaban J connectivity index is 1.36. The predicted octanol–water partition coefficient (Wildman–Crippen LogP) is 10.8. The van der Waals surface area contributed by atoms with E-state index in [-0.39, 0.29) is 34.4 Å². The van der Waals surface area contributed by atoms with Crippen molar-refractivity contribution < 1.29 is 39.9 Å². The second-order valence-corrected chi connectivity index (χ2v) is 9.93. The Hall–Kier alpha value is -4.92. The molecule has 5 aromatic rings. The number of ether oxygens (including phenoxy) is 1. The van der Waals surface area contributed by atoms with Gasteiger partial charge in [0.1, 0.15) is 23.2 Å². The number of alkyl halides is 2. The van der Waals surface area contributed by atoms with E-state index in [1.807, 2.05) is 30.3 Å². The highest BCUT2D eigenvalue weighted by Crippen LogP contribution is 2.37. The summed E-state index contributed by atoms with van der Waals surface area (Å²) < 4.78 is 119. The van der Waals surface area contributed by atoms with Gasteiger partial charge in [0.25, 0.3) is 0 Å². The number of hydrogen-bond acceptors (Lipinski definition) is 1. The van der Waals surface area contributed by atoms with Crippen LogP contribution < -0.4 is 4.74 Å². The minimum absolute atomic E-state index is 0.114. The van der Waals surface area contributed by atoms with Gasteiger partial charge in [-0.05, 0) is 64.9 Å². The first-order valence-corrected chi connectivity index (χ1v) is 13.3.